The van der Waals surface area contributed by atoms with Crippen LogP contribution in [0.25, 0.3) is 0 Å². The van der Waals surface area contributed by atoms with Crippen LogP contribution in [0.15, 0.2) is 24.3 Å². The Hall–Kier alpha value is -1.95. The molecule has 1 fully saturated rings. The average Bonchev–Trinajstić information content (AvgIpc) is 2.38. The Morgan fingerprint density at radius 1 is 1.44 bits per heavy atom. The summed E-state index contributed by atoms with van der Waals surface area (Å²) in [6.45, 7) is 1.07. The lowest BCUT2D eigenvalue weighted by Gasteiger charge is -2.30. The molecule has 1 heterocycles. The molecule has 1 aliphatic rings. The number of rotatable bonds is 2. The molecule has 1 saturated heterocycles. The Labute approximate surface area is 105 Å². The number of hydrogen-bond donors (Lipinski definition) is 1. The second kappa shape index (κ2) is 5.14. The summed E-state index contributed by atoms with van der Waals surface area (Å²) >= 11 is 0. The molecule has 1 unspecified atom stereocenters. The zero-order valence-electron chi connectivity index (χ0n) is 9.91. The molecule has 0 aliphatic carbocycles. The van der Waals surface area contributed by atoms with Gasteiger partial charge in [0.05, 0.1) is 4.92 Å². The molecule has 6 heteroatoms. The van der Waals surface area contributed by atoms with Crippen LogP contribution in [0, 0.1) is 10.1 Å². The van der Waals surface area contributed by atoms with Gasteiger partial charge in [0.2, 0.25) is 0 Å². The van der Waals surface area contributed by atoms with Gasteiger partial charge in [-0.05, 0) is 18.9 Å². The number of nitro groups is 1. The van der Waals surface area contributed by atoms with Crippen LogP contribution in [-0.2, 0) is 0 Å². The van der Waals surface area contributed by atoms with E-state index in [0.29, 0.717) is 13.1 Å². The van der Waals surface area contributed by atoms with E-state index >= 15 is 0 Å². The fourth-order valence-corrected chi connectivity index (χ4v) is 2.18. The van der Waals surface area contributed by atoms with Crippen LogP contribution in [0.1, 0.15) is 23.2 Å². The van der Waals surface area contributed by atoms with E-state index in [9.17, 15) is 14.9 Å². The fourth-order valence-electron chi connectivity index (χ4n) is 2.18. The van der Waals surface area contributed by atoms with Crippen LogP contribution in [0.2, 0.25) is 0 Å². The third kappa shape index (κ3) is 2.48. The molecule has 1 amide bonds. The number of carbonyl (C=O) groups excluding carboxylic acids is 1. The van der Waals surface area contributed by atoms with E-state index in [2.05, 4.69) is 0 Å². The Morgan fingerprint density at radius 3 is 2.83 bits per heavy atom. The smallest absolute Gasteiger partial charge is 0.282 e. The first-order chi connectivity index (χ1) is 8.59. The molecule has 1 aliphatic heterocycles. The number of benzene rings is 1. The number of para-hydroxylation sites is 1. The quantitative estimate of drug-likeness (QED) is 0.629. The highest BCUT2D eigenvalue weighted by Gasteiger charge is 2.27. The number of carbonyl (C=O) groups is 1. The summed E-state index contributed by atoms with van der Waals surface area (Å²) in [5.41, 5.74) is 5.80. The van der Waals surface area contributed by atoms with Gasteiger partial charge < -0.3 is 10.6 Å². The van der Waals surface area contributed by atoms with E-state index in [-0.39, 0.29) is 23.2 Å². The largest absolute Gasteiger partial charge is 0.337 e. The number of hydrogen-bond acceptors (Lipinski definition) is 4. The summed E-state index contributed by atoms with van der Waals surface area (Å²) in [7, 11) is 0. The zero-order chi connectivity index (χ0) is 13.1. The highest BCUT2D eigenvalue weighted by molar-refractivity contribution is 5.98. The lowest BCUT2D eigenvalue weighted by Crippen LogP contribution is -2.45. The van der Waals surface area contributed by atoms with Gasteiger partial charge in [-0.1, -0.05) is 12.1 Å². The van der Waals surface area contributed by atoms with Crippen molar-refractivity contribution in [2.75, 3.05) is 13.1 Å². The van der Waals surface area contributed by atoms with Crippen LogP contribution >= 0.6 is 0 Å². The Balaban J connectivity index is 2.25. The Bertz CT molecular complexity index is 475. The van der Waals surface area contributed by atoms with Crippen molar-refractivity contribution >= 4 is 11.6 Å². The standard InChI is InChI=1S/C12H15N3O3/c13-9-4-3-7-14(8-9)12(16)10-5-1-2-6-11(10)15(17)18/h1-2,5-6,9H,3-4,7-8,13H2. The lowest BCUT2D eigenvalue weighted by molar-refractivity contribution is -0.385. The van der Waals surface area contributed by atoms with Crippen molar-refractivity contribution in [3.63, 3.8) is 0 Å². The minimum atomic E-state index is -0.531. The normalized spacial score (nSPS) is 19.6. The van der Waals surface area contributed by atoms with E-state index in [1.807, 2.05) is 0 Å². The van der Waals surface area contributed by atoms with E-state index in [4.69, 9.17) is 5.73 Å². The van der Waals surface area contributed by atoms with Crippen LogP contribution in [0.5, 0.6) is 0 Å². The molecular weight excluding hydrogens is 234 g/mol. The van der Waals surface area contributed by atoms with Crippen LogP contribution in [0.4, 0.5) is 5.69 Å². The van der Waals surface area contributed by atoms with Gasteiger partial charge in [0.1, 0.15) is 5.56 Å². The van der Waals surface area contributed by atoms with Crippen molar-refractivity contribution in [1.82, 2.24) is 4.90 Å². The molecule has 0 bridgehead atoms. The molecular formula is C12H15N3O3. The summed E-state index contributed by atoms with van der Waals surface area (Å²) < 4.78 is 0. The molecule has 6 nitrogen and oxygen atoms in total. The van der Waals surface area contributed by atoms with Crippen LogP contribution < -0.4 is 5.73 Å². The molecule has 18 heavy (non-hydrogen) atoms. The van der Waals surface area contributed by atoms with Crippen molar-refractivity contribution in [3.8, 4) is 0 Å². The van der Waals surface area contributed by atoms with Gasteiger partial charge in [-0.3, -0.25) is 14.9 Å². The first-order valence-corrected chi connectivity index (χ1v) is 5.88. The second-order valence-electron chi connectivity index (χ2n) is 4.43. The molecule has 0 radical (unpaired) electrons. The summed E-state index contributed by atoms with van der Waals surface area (Å²) in [6.07, 6.45) is 1.73. The summed E-state index contributed by atoms with van der Waals surface area (Å²) in [5.74, 6) is -0.308. The molecule has 1 atom stereocenters. The van der Waals surface area contributed by atoms with Gasteiger partial charge in [0.25, 0.3) is 11.6 Å². The first kappa shape index (κ1) is 12.5. The van der Waals surface area contributed by atoms with Crippen LogP contribution in [0.3, 0.4) is 0 Å². The topological polar surface area (TPSA) is 89.5 Å². The predicted octanol–water partition coefficient (Wildman–Crippen LogP) is 1.16. The monoisotopic (exact) mass is 249 g/mol. The molecule has 1 aromatic carbocycles. The predicted molar refractivity (Wildman–Crippen MR) is 66.2 cm³/mol. The number of nitrogens with two attached hydrogens (primary N) is 1. The van der Waals surface area contributed by atoms with Gasteiger partial charge >= 0.3 is 0 Å². The Kier molecular flexibility index (Phi) is 3.57. The summed E-state index contributed by atoms with van der Waals surface area (Å²) in [5, 5.41) is 10.9. The third-order valence-electron chi connectivity index (χ3n) is 3.08. The highest BCUT2D eigenvalue weighted by Crippen LogP contribution is 2.21. The fraction of sp³-hybridized carbons (Fsp3) is 0.417. The van der Waals surface area contributed by atoms with Crippen molar-refractivity contribution in [2.24, 2.45) is 5.73 Å². The highest BCUT2D eigenvalue weighted by atomic mass is 16.6. The minimum Gasteiger partial charge on any atom is -0.337 e. The van der Waals surface area contributed by atoms with Crippen molar-refractivity contribution in [3.05, 3.63) is 39.9 Å². The van der Waals surface area contributed by atoms with Crippen molar-refractivity contribution < 1.29 is 9.72 Å². The number of likely N-dealkylation sites (tertiary alicyclic amines) is 1. The molecule has 2 N–H and O–H groups in total. The second-order valence-corrected chi connectivity index (χ2v) is 4.43. The van der Waals surface area contributed by atoms with Gasteiger partial charge in [-0.15, -0.1) is 0 Å². The van der Waals surface area contributed by atoms with Crippen molar-refractivity contribution in [2.45, 2.75) is 18.9 Å². The van der Waals surface area contributed by atoms with Crippen LogP contribution in [-0.4, -0.2) is 34.9 Å². The third-order valence-corrected chi connectivity index (χ3v) is 3.08. The number of nitrogens with zero attached hydrogens (tertiary/aromatic N) is 2. The minimum absolute atomic E-state index is 0.0366. The SMILES string of the molecule is NC1CCCN(C(=O)c2ccccc2[N+](=O)[O-])C1. The number of nitro benzene ring substituents is 1. The molecule has 0 saturated carbocycles. The van der Waals surface area contributed by atoms with E-state index in [1.54, 1.807) is 17.0 Å². The molecule has 0 aromatic heterocycles. The maximum Gasteiger partial charge on any atom is 0.282 e. The number of piperidine rings is 1. The molecule has 1 aromatic rings. The van der Waals surface area contributed by atoms with E-state index in [0.717, 1.165) is 12.8 Å². The molecule has 2 rings (SSSR count). The first-order valence-electron chi connectivity index (χ1n) is 5.88. The summed E-state index contributed by atoms with van der Waals surface area (Å²) in [6, 6.07) is 5.98. The Morgan fingerprint density at radius 2 is 2.17 bits per heavy atom. The maximum atomic E-state index is 12.2. The van der Waals surface area contributed by atoms with Gasteiger partial charge in [0, 0.05) is 25.2 Å². The van der Waals surface area contributed by atoms with Gasteiger partial charge in [0.15, 0.2) is 0 Å². The van der Waals surface area contributed by atoms with E-state index < -0.39 is 4.92 Å². The van der Waals surface area contributed by atoms with E-state index in [1.165, 1.54) is 12.1 Å². The number of amides is 1. The van der Waals surface area contributed by atoms with Gasteiger partial charge in [-0.2, -0.15) is 0 Å². The van der Waals surface area contributed by atoms with Crippen molar-refractivity contribution in [1.29, 1.82) is 0 Å². The van der Waals surface area contributed by atoms with Gasteiger partial charge in [-0.25, -0.2) is 0 Å². The molecule has 96 valence electrons. The maximum absolute atomic E-state index is 12.2. The zero-order valence-corrected chi connectivity index (χ0v) is 9.91. The lowest BCUT2D eigenvalue weighted by atomic mass is 10.0. The molecule has 0 spiro atoms. The average molecular weight is 249 g/mol. The summed E-state index contributed by atoms with van der Waals surface area (Å²) in [4.78, 5) is 24.2.